The third-order valence-corrected chi connectivity index (χ3v) is 2.40. The molecule has 0 spiro atoms. The molecule has 0 bridgehead atoms. The van der Waals surface area contributed by atoms with E-state index in [4.69, 9.17) is 9.84 Å². The van der Waals surface area contributed by atoms with Crippen LogP contribution < -0.4 is 9.64 Å². The Hall–Kier alpha value is -2.30. The number of hydrogen-bond donors (Lipinski definition) is 1. The molecule has 0 unspecified atom stereocenters. The first-order chi connectivity index (χ1) is 8.62. The average molecular weight is 249 g/mol. The Morgan fingerprint density at radius 1 is 1.56 bits per heavy atom. The number of hydrogen-bond acceptors (Lipinski definition) is 4. The zero-order valence-corrected chi connectivity index (χ0v) is 10.1. The summed E-state index contributed by atoms with van der Waals surface area (Å²) in [6, 6.07) is 5.23. The van der Waals surface area contributed by atoms with E-state index in [1.165, 1.54) is 12.0 Å². The maximum absolute atomic E-state index is 10.8. The number of anilines is 1. The fourth-order valence-corrected chi connectivity index (χ4v) is 1.58. The zero-order valence-electron chi connectivity index (χ0n) is 10.1. The molecule has 0 amide bonds. The maximum atomic E-state index is 10.8. The van der Waals surface area contributed by atoms with Crippen molar-refractivity contribution in [3.63, 3.8) is 0 Å². The van der Waals surface area contributed by atoms with E-state index in [9.17, 15) is 9.59 Å². The molecule has 18 heavy (non-hydrogen) atoms. The molecule has 0 aliphatic carbocycles. The summed E-state index contributed by atoms with van der Waals surface area (Å²) >= 11 is 0. The van der Waals surface area contributed by atoms with E-state index in [0.29, 0.717) is 17.7 Å². The van der Waals surface area contributed by atoms with Gasteiger partial charge < -0.3 is 19.5 Å². The highest BCUT2D eigenvalue weighted by atomic mass is 16.5. The third-order valence-electron chi connectivity index (χ3n) is 2.40. The highest BCUT2D eigenvalue weighted by molar-refractivity contribution is 5.78. The summed E-state index contributed by atoms with van der Waals surface area (Å²) in [6.45, 7) is 3.38. The van der Waals surface area contributed by atoms with E-state index in [1.54, 1.807) is 24.3 Å². The molecule has 5 heteroatoms. The molecule has 1 aromatic rings. The number of carboxylic acid groups (broad SMARTS) is 1. The van der Waals surface area contributed by atoms with E-state index in [1.807, 2.05) is 0 Å². The molecule has 0 radical (unpaired) electrons. The van der Waals surface area contributed by atoms with Crippen LogP contribution in [0, 0.1) is 0 Å². The Bertz CT molecular complexity index is 456. The Morgan fingerprint density at radius 2 is 2.28 bits per heavy atom. The van der Waals surface area contributed by atoms with Crippen LogP contribution in [0.4, 0.5) is 5.69 Å². The van der Waals surface area contributed by atoms with Gasteiger partial charge in [0.1, 0.15) is 18.6 Å². The fraction of sp³-hybridized carbons (Fsp3) is 0.231. The van der Waals surface area contributed by atoms with Crippen molar-refractivity contribution in [2.45, 2.75) is 0 Å². The van der Waals surface area contributed by atoms with Crippen LogP contribution in [-0.2, 0) is 9.59 Å². The van der Waals surface area contributed by atoms with Crippen molar-refractivity contribution in [2.24, 2.45) is 0 Å². The smallest absolute Gasteiger partial charge is 0.323 e. The molecule has 1 rings (SSSR count). The van der Waals surface area contributed by atoms with E-state index in [0.717, 1.165) is 5.56 Å². The van der Waals surface area contributed by atoms with Crippen molar-refractivity contribution >= 4 is 24.0 Å². The van der Waals surface area contributed by atoms with Crippen molar-refractivity contribution in [1.82, 2.24) is 0 Å². The van der Waals surface area contributed by atoms with Crippen molar-refractivity contribution in [3.8, 4) is 5.75 Å². The number of rotatable bonds is 7. The second-order valence-electron chi connectivity index (χ2n) is 3.58. The first kappa shape index (κ1) is 13.8. The van der Waals surface area contributed by atoms with Crippen LogP contribution in [0.3, 0.4) is 0 Å². The highest BCUT2D eigenvalue weighted by Gasteiger charge is 2.14. The lowest BCUT2D eigenvalue weighted by Crippen LogP contribution is -2.31. The van der Waals surface area contributed by atoms with Gasteiger partial charge >= 0.3 is 5.97 Å². The van der Waals surface area contributed by atoms with Crippen LogP contribution in [-0.4, -0.2) is 37.6 Å². The number of nitrogens with zero attached hydrogens (tertiary/aromatic N) is 1. The van der Waals surface area contributed by atoms with E-state index in [2.05, 4.69) is 6.58 Å². The number of carbonyl (C=O) groups is 2. The number of ether oxygens (including phenoxy) is 1. The molecule has 1 aromatic carbocycles. The molecule has 1 N–H and O–H groups in total. The minimum Gasteiger partial charge on any atom is -0.495 e. The van der Waals surface area contributed by atoms with Crippen molar-refractivity contribution in [2.75, 3.05) is 25.1 Å². The third kappa shape index (κ3) is 3.35. The number of carboxylic acids is 1. The molecule has 5 nitrogen and oxygen atoms in total. The predicted octanol–water partition coefficient (Wildman–Crippen LogP) is 1.43. The molecular formula is C13H15NO4. The molecule has 0 aliphatic heterocycles. The lowest BCUT2D eigenvalue weighted by atomic mass is 10.1. The molecule has 0 aliphatic rings. The maximum Gasteiger partial charge on any atom is 0.323 e. The van der Waals surface area contributed by atoms with E-state index >= 15 is 0 Å². The van der Waals surface area contributed by atoms with Gasteiger partial charge in [-0.1, -0.05) is 18.7 Å². The molecule has 0 aromatic heterocycles. The van der Waals surface area contributed by atoms with Gasteiger partial charge in [-0.2, -0.15) is 0 Å². The zero-order chi connectivity index (χ0) is 13.5. The molecule has 0 saturated carbocycles. The van der Waals surface area contributed by atoms with Crippen LogP contribution in [0.1, 0.15) is 5.56 Å². The summed E-state index contributed by atoms with van der Waals surface area (Å²) < 4.78 is 5.20. The molecule has 0 heterocycles. The summed E-state index contributed by atoms with van der Waals surface area (Å²) in [5.41, 5.74) is 1.43. The predicted molar refractivity (Wildman–Crippen MR) is 69.0 cm³/mol. The molecule has 96 valence electrons. The van der Waals surface area contributed by atoms with Gasteiger partial charge in [0.25, 0.3) is 0 Å². The van der Waals surface area contributed by atoms with Gasteiger partial charge in [0.05, 0.1) is 19.3 Å². The standard InChI is InChI=1S/C13H15NO4/c1-3-10-4-5-11(12(8-10)18-2)14(6-7-15)9-13(16)17/h3-5,7-8H,1,6,9H2,2H3,(H,16,17). The average Bonchev–Trinajstić information content (AvgIpc) is 2.37. The number of aldehydes is 1. The molecular weight excluding hydrogens is 234 g/mol. The van der Waals surface area contributed by atoms with Crippen LogP contribution in [0.2, 0.25) is 0 Å². The topological polar surface area (TPSA) is 66.8 Å². The Morgan fingerprint density at radius 3 is 2.78 bits per heavy atom. The van der Waals surface area contributed by atoms with Gasteiger partial charge in [-0.3, -0.25) is 4.79 Å². The normalized spacial score (nSPS) is 9.61. The Kier molecular flexibility index (Phi) is 4.92. The number of benzene rings is 1. The van der Waals surface area contributed by atoms with Crippen LogP contribution in [0.5, 0.6) is 5.75 Å². The quantitative estimate of drug-likeness (QED) is 0.740. The fourth-order valence-electron chi connectivity index (χ4n) is 1.58. The number of carbonyl (C=O) groups excluding carboxylic acids is 1. The van der Waals surface area contributed by atoms with Crippen molar-refractivity contribution in [3.05, 3.63) is 30.3 Å². The summed E-state index contributed by atoms with van der Waals surface area (Å²) in [5, 5.41) is 8.82. The minimum absolute atomic E-state index is 0.00387. The largest absolute Gasteiger partial charge is 0.495 e. The molecule has 0 saturated heterocycles. The summed E-state index contributed by atoms with van der Waals surface area (Å²) in [7, 11) is 1.49. The number of methoxy groups -OCH3 is 1. The first-order valence-corrected chi connectivity index (χ1v) is 5.33. The number of aliphatic carboxylic acids is 1. The molecule has 0 atom stereocenters. The second-order valence-corrected chi connectivity index (χ2v) is 3.58. The van der Waals surface area contributed by atoms with Crippen molar-refractivity contribution < 1.29 is 19.4 Å². The lowest BCUT2D eigenvalue weighted by Gasteiger charge is -2.22. The second kappa shape index (κ2) is 6.44. The summed E-state index contributed by atoms with van der Waals surface area (Å²) in [4.78, 5) is 22.8. The monoisotopic (exact) mass is 249 g/mol. The lowest BCUT2D eigenvalue weighted by molar-refractivity contribution is -0.135. The van der Waals surface area contributed by atoms with Gasteiger partial charge in [0.15, 0.2) is 0 Å². The summed E-state index contributed by atoms with van der Waals surface area (Å²) in [5.74, 6) is -0.498. The molecule has 0 fully saturated rings. The Labute approximate surface area is 105 Å². The van der Waals surface area contributed by atoms with Gasteiger partial charge in [-0.25, -0.2) is 0 Å². The minimum atomic E-state index is -1.01. The van der Waals surface area contributed by atoms with E-state index < -0.39 is 5.97 Å². The first-order valence-electron chi connectivity index (χ1n) is 5.33. The van der Waals surface area contributed by atoms with Gasteiger partial charge in [-0.05, 0) is 17.7 Å². The van der Waals surface area contributed by atoms with Crippen LogP contribution in [0.15, 0.2) is 24.8 Å². The van der Waals surface area contributed by atoms with Gasteiger partial charge in [-0.15, -0.1) is 0 Å². The Balaban J connectivity index is 3.13. The van der Waals surface area contributed by atoms with Gasteiger partial charge in [0.2, 0.25) is 0 Å². The van der Waals surface area contributed by atoms with Gasteiger partial charge in [0, 0.05) is 0 Å². The highest BCUT2D eigenvalue weighted by Crippen LogP contribution is 2.29. The SMILES string of the molecule is C=Cc1ccc(N(CC=O)CC(=O)O)c(OC)c1. The summed E-state index contributed by atoms with van der Waals surface area (Å²) in [6.07, 6.45) is 2.32. The van der Waals surface area contributed by atoms with Crippen LogP contribution >= 0.6 is 0 Å². The van der Waals surface area contributed by atoms with Crippen LogP contribution in [0.25, 0.3) is 6.08 Å². The van der Waals surface area contributed by atoms with E-state index in [-0.39, 0.29) is 13.1 Å². The van der Waals surface area contributed by atoms with Crippen molar-refractivity contribution in [1.29, 1.82) is 0 Å².